The Bertz CT molecular complexity index is 849. The molecule has 0 fully saturated rings. The van der Waals surface area contributed by atoms with Crippen LogP contribution in [0.15, 0.2) is 59.8 Å². The molecule has 2 aromatic carbocycles. The van der Waals surface area contributed by atoms with Gasteiger partial charge in [-0.05, 0) is 29.8 Å². The van der Waals surface area contributed by atoms with E-state index in [0.717, 1.165) is 17.0 Å². The minimum Gasteiger partial charge on any atom is -0.351 e. The summed E-state index contributed by atoms with van der Waals surface area (Å²) in [5, 5.41) is 12.6. The summed E-state index contributed by atoms with van der Waals surface area (Å²) in [5.41, 5.74) is 2.00. The van der Waals surface area contributed by atoms with Crippen molar-refractivity contribution in [3.63, 3.8) is 0 Å². The Labute approximate surface area is 155 Å². The van der Waals surface area contributed by atoms with E-state index in [0.29, 0.717) is 22.5 Å². The fourth-order valence-electron chi connectivity index (χ4n) is 2.27. The summed E-state index contributed by atoms with van der Waals surface area (Å²) in [6, 6.07) is 17.2. The predicted octanol–water partition coefficient (Wildman–Crippen LogP) is 3.54. The summed E-state index contributed by atoms with van der Waals surface area (Å²) in [7, 11) is 1.88. The number of hydrogen-bond acceptors (Lipinski definition) is 4. The zero-order valence-corrected chi connectivity index (χ0v) is 15.2. The zero-order valence-electron chi connectivity index (χ0n) is 13.6. The van der Waals surface area contributed by atoms with E-state index in [1.54, 1.807) is 0 Å². The first kappa shape index (κ1) is 17.5. The number of thioether (sulfide) groups is 1. The smallest absolute Gasteiger partial charge is 0.230 e. The van der Waals surface area contributed by atoms with E-state index in [-0.39, 0.29) is 5.91 Å². The van der Waals surface area contributed by atoms with Gasteiger partial charge in [0.25, 0.3) is 0 Å². The lowest BCUT2D eigenvalue weighted by Crippen LogP contribution is -2.24. The molecule has 0 saturated carbocycles. The number of benzene rings is 2. The molecule has 5 nitrogen and oxygen atoms in total. The van der Waals surface area contributed by atoms with Crippen LogP contribution in [-0.2, 0) is 18.4 Å². The van der Waals surface area contributed by atoms with E-state index in [4.69, 9.17) is 11.6 Å². The molecule has 1 aromatic heterocycles. The number of halogens is 1. The van der Waals surface area contributed by atoms with Crippen LogP contribution in [0.2, 0.25) is 5.02 Å². The normalized spacial score (nSPS) is 10.6. The first-order valence-corrected chi connectivity index (χ1v) is 9.08. The van der Waals surface area contributed by atoms with Crippen LogP contribution in [0.3, 0.4) is 0 Å². The number of nitrogens with zero attached hydrogens (tertiary/aromatic N) is 3. The summed E-state index contributed by atoms with van der Waals surface area (Å²) in [4.78, 5) is 12.0. The third-order valence-corrected chi connectivity index (χ3v) is 4.87. The first-order chi connectivity index (χ1) is 12.1. The molecule has 3 rings (SSSR count). The Morgan fingerprint density at radius 2 is 1.84 bits per heavy atom. The van der Waals surface area contributed by atoms with Gasteiger partial charge in [0.1, 0.15) is 0 Å². The highest BCUT2D eigenvalue weighted by Gasteiger charge is 2.12. The molecule has 0 aliphatic rings. The molecule has 0 spiro atoms. The van der Waals surface area contributed by atoms with Crippen molar-refractivity contribution in [2.45, 2.75) is 11.7 Å². The lowest BCUT2D eigenvalue weighted by molar-refractivity contribution is -0.118. The molecular weight excluding hydrogens is 356 g/mol. The average molecular weight is 373 g/mol. The molecule has 0 radical (unpaired) electrons. The second kappa shape index (κ2) is 8.18. The zero-order chi connectivity index (χ0) is 17.6. The molecule has 0 unspecified atom stereocenters. The summed E-state index contributed by atoms with van der Waals surface area (Å²) < 4.78 is 1.87. The van der Waals surface area contributed by atoms with Crippen LogP contribution in [0.4, 0.5) is 0 Å². The highest BCUT2D eigenvalue weighted by molar-refractivity contribution is 7.99. The number of aromatic nitrogens is 3. The standard InChI is InChI=1S/C18H17ClN4OS/c1-23-17(14-7-9-15(19)10-8-14)21-22-18(23)25-12-16(24)20-11-13-5-3-2-4-6-13/h2-10H,11-12H2,1H3,(H,20,24). The predicted molar refractivity (Wildman–Crippen MR) is 100 cm³/mol. The van der Waals surface area contributed by atoms with Crippen LogP contribution in [-0.4, -0.2) is 26.4 Å². The van der Waals surface area contributed by atoms with Gasteiger partial charge in [-0.25, -0.2) is 0 Å². The Hall–Kier alpha value is -2.31. The van der Waals surface area contributed by atoms with E-state index in [2.05, 4.69) is 15.5 Å². The van der Waals surface area contributed by atoms with Crippen LogP contribution in [0.5, 0.6) is 0 Å². The minimum atomic E-state index is -0.0371. The molecule has 1 amide bonds. The number of amides is 1. The summed E-state index contributed by atoms with van der Waals surface area (Å²) in [6.07, 6.45) is 0. The second-order valence-corrected chi connectivity index (χ2v) is 6.80. The maximum Gasteiger partial charge on any atom is 0.230 e. The molecule has 25 heavy (non-hydrogen) atoms. The number of nitrogens with one attached hydrogen (secondary N) is 1. The number of rotatable bonds is 6. The molecule has 3 aromatic rings. The minimum absolute atomic E-state index is 0.0371. The van der Waals surface area contributed by atoms with Gasteiger partial charge in [0.2, 0.25) is 5.91 Å². The number of carbonyl (C=O) groups excluding carboxylic acids is 1. The molecule has 0 saturated heterocycles. The van der Waals surface area contributed by atoms with Crippen LogP contribution in [0, 0.1) is 0 Å². The molecule has 0 atom stereocenters. The van der Waals surface area contributed by atoms with Gasteiger partial charge in [-0.1, -0.05) is 53.7 Å². The maximum atomic E-state index is 12.0. The molecule has 0 aliphatic carbocycles. The molecule has 0 bridgehead atoms. The quantitative estimate of drug-likeness (QED) is 0.672. The van der Waals surface area contributed by atoms with E-state index >= 15 is 0 Å². The molecule has 7 heteroatoms. The average Bonchev–Trinajstić information content (AvgIpc) is 3.00. The SMILES string of the molecule is Cn1c(SCC(=O)NCc2ccccc2)nnc1-c1ccc(Cl)cc1. The number of carbonyl (C=O) groups is 1. The lowest BCUT2D eigenvalue weighted by atomic mass is 10.2. The van der Waals surface area contributed by atoms with Gasteiger partial charge in [-0.2, -0.15) is 0 Å². The van der Waals surface area contributed by atoms with Crippen molar-refractivity contribution in [1.82, 2.24) is 20.1 Å². The maximum absolute atomic E-state index is 12.0. The third-order valence-electron chi connectivity index (χ3n) is 3.60. The van der Waals surface area contributed by atoms with E-state index < -0.39 is 0 Å². The van der Waals surface area contributed by atoms with Crippen LogP contribution in [0.1, 0.15) is 5.56 Å². The highest BCUT2D eigenvalue weighted by atomic mass is 35.5. The van der Waals surface area contributed by atoms with Gasteiger partial charge in [0, 0.05) is 24.2 Å². The van der Waals surface area contributed by atoms with Crippen molar-refractivity contribution in [2.75, 3.05) is 5.75 Å². The first-order valence-electron chi connectivity index (χ1n) is 7.72. The molecule has 1 heterocycles. The van der Waals surface area contributed by atoms with Crippen molar-refractivity contribution >= 4 is 29.3 Å². The van der Waals surface area contributed by atoms with Crippen molar-refractivity contribution in [2.24, 2.45) is 7.05 Å². The Morgan fingerprint density at radius 1 is 1.12 bits per heavy atom. The fraction of sp³-hybridized carbons (Fsp3) is 0.167. The van der Waals surface area contributed by atoms with Crippen LogP contribution in [0.25, 0.3) is 11.4 Å². The van der Waals surface area contributed by atoms with E-state index in [9.17, 15) is 4.79 Å². The van der Waals surface area contributed by atoms with Crippen LogP contribution < -0.4 is 5.32 Å². The molecular formula is C18H17ClN4OS. The van der Waals surface area contributed by atoms with Gasteiger partial charge in [-0.15, -0.1) is 10.2 Å². The largest absolute Gasteiger partial charge is 0.351 e. The fourth-order valence-corrected chi connectivity index (χ4v) is 3.14. The molecule has 128 valence electrons. The summed E-state index contributed by atoms with van der Waals surface area (Å²) >= 11 is 7.27. The number of hydrogen-bond donors (Lipinski definition) is 1. The van der Waals surface area contributed by atoms with Crippen molar-refractivity contribution in [1.29, 1.82) is 0 Å². The van der Waals surface area contributed by atoms with Gasteiger partial charge in [0.05, 0.1) is 5.75 Å². The Balaban J connectivity index is 1.56. The monoisotopic (exact) mass is 372 g/mol. The highest BCUT2D eigenvalue weighted by Crippen LogP contribution is 2.23. The second-order valence-electron chi connectivity index (χ2n) is 5.42. The topological polar surface area (TPSA) is 59.8 Å². The Morgan fingerprint density at radius 3 is 2.56 bits per heavy atom. The van der Waals surface area contributed by atoms with Crippen molar-refractivity contribution < 1.29 is 4.79 Å². The Kier molecular flexibility index (Phi) is 5.73. The van der Waals surface area contributed by atoms with Gasteiger partial charge >= 0.3 is 0 Å². The van der Waals surface area contributed by atoms with Gasteiger partial charge in [0.15, 0.2) is 11.0 Å². The molecule has 0 aliphatic heterocycles. The van der Waals surface area contributed by atoms with Gasteiger partial charge in [-0.3, -0.25) is 4.79 Å². The van der Waals surface area contributed by atoms with E-state index in [1.807, 2.05) is 66.2 Å². The van der Waals surface area contributed by atoms with Crippen molar-refractivity contribution in [3.8, 4) is 11.4 Å². The van der Waals surface area contributed by atoms with Crippen LogP contribution >= 0.6 is 23.4 Å². The van der Waals surface area contributed by atoms with Crippen molar-refractivity contribution in [3.05, 3.63) is 65.2 Å². The molecule has 1 N–H and O–H groups in total. The summed E-state index contributed by atoms with van der Waals surface area (Å²) in [6.45, 7) is 0.523. The van der Waals surface area contributed by atoms with Gasteiger partial charge < -0.3 is 9.88 Å². The van der Waals surface area contributed by atoms with E-state index in [1.165, 1.54) is 11.8 Å². The third kappa shape index (κ3) is 4.61. The lowest BCUT2D eigenvalue weighted by Gasteiger charge is -2.06. The summed E-state index contributed by atoms with van der Waals surface area (Å²) in [5.74, 6) is 0.994.